The Morgan fingerprint density at radius 1 is 1.35 bits per heavy atom. The van der Waals surface area contributed by atoms with Gasteiger partial charge in [0.05, 0.1) is 12.2 Å². The zero-order valence-corrected chi connectivity index (χ0v) is 10.7. The van der Waals surface area contributed by atoms with Gasteiger partial charge >= 0.3 is 0 Å². The van der Waals surface area contributed by atoms with Crippen molar-refractivity contribution in [3.05, 3.63) is 39.4 Å². The summed E-state index contributed by atoms with van der Waals surface area (Å²) in [6.07, 6.45) is -1.14. The topological polar surface area (TPSA) is 110 Å². The van der Waals surface area contributed by atoms with Crippen LogP contribution >= 0.6 is 0 Å². The number of carbonyl (C=O) groups excluding carboxylic acids is 1. The average Bonchev–Trinajstić information content (AvgIpc) is 2.37. The monoisotopic (exact) mass is 281 g/mol. The first-order valence-corrected chi connectivity index (χ1v) is 6.20. The van der Waals surface area contributed by atoms with Crippen LogP contribution in [0.25, 0.3) is 0 Å². The van der Waals surface area contributed by atoms with E-state index in [0.717, 1.165) is 11.1 Å². The number of rotatable bonds is 5. The van der Waals surface area contributed by atoms with Gasteiger partial charge in [-0.15, -0.1) is 0 Å². The fraction of sp³-hybridized carbons (Fsp3) is 0.462. The summed E-state index contributed by atoms with van der Waals surface area (Å²) in [7, 11) is 0. The van der Waals surface area contributed by atoms with Crippen LogP contribution in [0.3, 0.4) is 0 Å². The van der Waals surface area contributed by atoms with Crippen LogP contribution in [0, 0.1) is 10.1 Å². The zero-order valence-electron chi connectivity index (χ0n) is 10.7. The van der Waals surface area contributed by atoms with Gasteiger partial charge in [-0.3, -0.25) is 14.9 Å². The van der Waals surface area contributed by atoms with Crippen LogP contribution < -0.4 is 4.74 Å². The number of carbonyl (C=O) groups is 1. The number of nitrogens with zero attached hydrogens (tertiary/aromatic N) is 1. The molecule has 0 bridgehead atoms. The predicted octanol–water partition coefficient (Wildman–Crippen LogP) is -0.268. The van der Waals surface area contributed by atoms with E-state index in [-0.39, 0.29) is 13.0 Å². The molecule has 0 saturated carbocycles. The molecular weight excluding hydrogens is 266 g/mol. The van der Waals surface area contributed by atoms with E-state index in [2.05, 4.69) is 0 Å². The van der Waals surface area contributed by atoms with Crippen molar-refractivity contribution in [3.8, 4) is 5.75 Å². The second-order valence-electron chi connectivity index (χ2n) is 4.75. The number of fused-ring (bicyclic) bond motifs is 1. The number of hydrogen-bond acceptors (Lipinski definition) is 6. The number of ether oxygens (including phenoxy) is 1. The Balaban J connectivity index is 2.08. The van der Waals surface area contributed by atoms with Crippen LogP contribution in [0.4, 0.5) is 0 Å². The standard InChI is InChI=1S/C13H15NO6/c15-9(6-14(18)19)7-20-13-3-1-2-8-4-11(16)12(17)5-10(8)13/h1-3,11-12,16-17H,4-7H2. The van der Waals surface area contributed by atoms with Crippen LogP contribution in [0.15, 0.2) is 18.2 Å². The lowest BCUT2D eigenvalue weighted by molar-refractivity contribution is -0.467. The highest BCUT2D eigenvalue weighted by atomic mass is 16.6. The lowest BCUT2D eigenvalue weighted by atomic mass is 9.87. The van der Waals surface area contributed by atoms with Crippen molar-refractivity contribution in [1.29, 1.82) is 0 Å². The largest absolute Gasteiger partial charge is 0.485 e. The molecule has 2 rings (SSSR count). The number of hydrogen-bond donors (Lipinski definition) is 2. The minimum atomic E-state index is -0.873. The van der Waals surface area contributed by atoms with E-state index < -0.39 is 29.5 Å². The summed E-state index contributed by atoms with van der Waals surface area (Å²) in [6.45, 7) is -1.15. The van der Waals surface area contributed by atoms with Crippen molar-refractivity contribution >= 4 is 5.78 Å². The van der Waals surface area contributed by atoms with Crippen molar-refractivity contribution in [1.82, 2.24) is 0 Å². The molecule has 108 valence electrons. The number of nitro groups is 1. The number of Topliss-reactive ketones (excluding diaryl/α,β-unsaturated/α-hetero) is 1. The first-order valence-electron chi connectivity index (χ1n) is 6.20. The third kappa shape index (κ3) is 3.31. The highest BCUT2D eigenvalue weighted by molar-refractivity contribution is 5.81. The van der Waals surface area contributed by atoms with Crippen LogP contribution in [0.1, 0.15) is 11.1 Å². The molecule has 7 nitrogen and oxygen atoms in total. The molecule has 1 aliphatic carbocycles. The van der Waals surface area contributed by atoms with Crippen LogP contribution in [-0.4, -0.2) is 46.3 Å². The lowest BCUT2D eigenvalue weighted by Crippen LogP contribution is -2.35. The van der Waals surface area contributed by atoms with E-state index in [1.165, 1.54) is 0 Å². The molecule has 0 radical (unpaired) electrons. The van der Waals surface area contributed by atoms with Gasteiger partial charge in [-0.1, -0.05) is 12.1 Å². The van der Waals surface area contributed by atoms with E-state index in [1.807, 2.05) is 6.07 Å². The minimum absolute atomic E-state index is 0.232. The van der Waals surface area contributed by atoms with Gasteiger partial charge in [-0.05, 0) is 11.6 Å². The van der Waals surface area contributed by atoms with E-state index >= 15 is 0 Å². The Morgan fingerprint density at radius 3 is 2.75 bits per heavy atom. The summed E-state index contributed by atoms with van der Waals surface area (Å²) in [6, 6.07) is 5.18. The first kappa shape index (κ1) is 14.4. The third-order valence-corrected chi connectivity index (χ3v) is 3.21. The number of benzene rings is 1. The fourth-order valence-electron chi connectivity index (χ4n) is 2.22. The number of aliphatic hydroxyl groups is 2. The van der Waals surface area contributed by atoms with Crippen LogP contribution in [-0.2, 0) is 17.6 Å². The van der Waals surface area contributed by atoms with Gasteiger partial charge in [0.15, 0.2) is 6.61 Å². The molecule has 2 atom stereocenters. The van der Waals surface area contributed by atoms with E-state index in [0.29, 0.717) is 12.2 Å². The van der Waals surface area contributed by atoms with Gasteiger partial charge in [0, 0.05) is 23.3 Å². The molecular formula is C13H15NO6. The Morgan fingerprint density at radius 2 is 2.05 bits per heavy atom. The summed E-state index contributed by atoms with van der Waals surface area (Å²) >= 11 is 0. The van der Waals surface area contributed by atoms with Gasteiger partial charge in [0.1, 0.15) is 5.75 Å². The summed E-state index contributed by atoms with van der Waals surface area (Å²) in [5, 5.41) is 29.5. The second-order valence-corrected chi connectivity index (χ2v) is 4.75. The highest BCUT2D eigenvalue weighted by Gasteiger charge is 2.27. The van der Waals surface area contributed by atoms with Crippen LogP contribution in [0.2, 0.25) is 0 Å². The Kier molecular flexibility index (Phi) is 4.31. The van der Waals surface area contributed by atoms with E-state index in [4.69, 9.17) is 4.74 Å². The van der Waals surface area contributed by atoms with Crippen molar-refractivity contribution in [2.24, 2.45) is 0 Å². The molecule has 1 aliphatic rings. The molecule has 0 amide bonds. The summed E-state index contributed by atoms with van der Waals surface area (Å²) in [5.41, 5.74) is 1.58. The average molecular weight is 281 g/mol. The molecule has 7 heteroatoms. The van der Waals surface area contributed by atoms with Crippen LogP contribution in [0.5, 0.6) is 5.75 Å². The molecule has 20 heavy (non-hydrogen) atoms. The number of aliphatic hydroxyl groups excluding tert-OH is 2. The molecule has 0 spiro atoms. The summed E-state index contributed by atoms with van der Waals surface area (Å²) in [4.78, 5) is 20.8. The van der Waals surface area contributed by atoms with Gasteiger partial charge in [0.25, 0.3) is 6.54 Å². The van der Waals surface area contributed by atoms with E-state index in [9.17, 15) is 25.1 Å². The molecule has 0 aromatic heterocycles. The second kappa shape index (κ2) is 5.98. The van der Waals surface area contributed by atoms with Crippen molar-refractivity contribution in [3.63, 3.8) is 0 Å². The van der Waals surface area contributed by atoms with Crippen molar-refractivity contribution in [2.75, 3.05) is 13.2 Å². The van der Waals surface area contributed by atoms with Crippen molar-refractivity contribution in [2.45, 2.75) is 25.0 Å². The van der Waals surface area contributed by atoms with E-state index in [1.54, 1.807) is 12.1 Å². The van der Waals surface area contributed by atoms with Gasteiger partial charge in [-0.25, -0.2) is 0 Å². The maximum absolute atomic E-state index is 11.3. The zero-order chi connectivity index (χ0) is 14.7. The quantitative estimate of drug-likeness (QED) is 0.568. The lowest BCUT2D eigenvalue weighted by Gasteiger charge is -2.27. The maximum Gasteiger partial charge on any atom is 0.264 e. The molecule has 2 unspecified atom stereocenters. The smallest absolute Gasteiger partial charge is 0.264 e. The van der Waals surface area contributed by atoms with Gasteiger partial charge < -0.3 is 14.9 Å². The predicted molar refractivity (Wildman–Crippen MR) is 68.2 cm³/mol. The molecule has 0 fully saturated rings. The Labute approximate surface area is 114 Å². The van der Waals surface area contributed by atoms with Gasteiger partial charge in [-0.2, -0.15) is 0 Å². The molecule has 2 N–H and O–H groups in total. The molecule has 0 aliphatic heterocycles. The molecule has 1 aromatic carbocycles. The molecule has 0 heterocycles. The third-order valence-electron chi connectivity index (χ3n) is 3.21. The summed E-state index contributed by atoms with van der Waals surface area (Å²) < 4.78 is 5.30. The van der Waals surface area contributed by atoms with Crippen molar-refractivity contribution < 1.29 is 24.7 Å². The molecule has 0 saturated heterocycles. The SMILES string of the molecule is O=C(COc1cccc2c1CC(O)C(O)C2)C[N+](=O)[O-]. The highest BCUT2D eigenvalue weighted by Crippen LogP contribution is 2.29. The summed E-state index contributed by atoms with van der Waals surface area (Å²) in [5.74, 6) is -0.200. The maximum atomic E-state index is 11.3. The minimum Gasteiger partial charge on any atom is -0.485 e. The van der Waals surface area contributed by atoms with Gasteiger partial charge in [0.2, 0.25) is 5.78 Å². The fourth-order valence-corrected chi connectivity index (χ4v) is 2.22. The Hall–Kier alpha value is -1.99. The normalized spacial score (nSPS) is 21.1. The first-order chi connectivity index (χ1) is 9.47. The molecule has 1 aromatic rings. The Bertz CT molecular complexity index is 530. The number of ketones is 1.